The molecule has 1 saturated carbocycles. The van der Waals surface area contributed by atoms with Crippen molar-refractivity contribution < 1.29 is 4.79 Å². The minimum Gasteiger partial charge on any atom is -0.374 e. The van der Waals surface area contributed by atoms with Crippen LogP contribution in [0.4, 0.5) is 5.69 Å². The van der Waals surface area contributed by atoms with Crippen LogP contribution in [-0.4, -0.2) is 11.9 Å². The predicted octanol–water partition coefficient (Wildman–Crippen LogP) is 3.58. The van der Waals surface area contributed by atoms with Crippen LogP contribution in [0.5, 0.6) is 0 Å². The summed E-state index contributed by atoms with van der Waals surface area (Å²) in [6.07, 6.45) is 7.13. The van der Waals surface area contributed by atoms with E-state index in [1.807, 2.05) is 24.3 Å². The Bertz CT molecular complexity index is 413. The van der Waals surface area contributed by atoms with Crippen LogP contribution >= 0.6 is 11.6 Å². The lowest BCUT2D eigenvalue weighted by Crippen LogP contribution is -2.37. The standard InChI is InChI=1S/C15H21ClN2O/c16-12-6-8-13(9-7-12)18-14(15(17)19)10-11-4-2-1-3-5-11/h6-9,11,14,18H,1-5,10H2,(H2,17,19). The first-order valence-corrected chi connectivity index (χ1v) is 7.34. The Balaban J connectivity index is 1.95. The smallest absolute Gasteiger partial charge is 0.239 e. The minimum atomic E-state index is -0.288. The van der Waals surface area contributed by atoms with Gasteiger partial charge in [0.15, 0.2) is 0 Å². The van der Waals surface area contributed by atoms with Crippen LogP contribution in [0.25, 0.3) is 0 Å². The van der Waals surface area contributed by atoms with E-state index in [0.717, 1.165) is 12.1 Å². The average Bonchev–Trinajstić information content (AvgIpc) is 2.41. The fourth-order valence-electron chi connectivity index (χ4n) is 2.75. The van der Waals surface area contributed by atoms with Crippen LogP contribution in [0.15, 0.2) is 24.3 Å². The van der Waals surface area contributed by atoms with Crippen molar-refractivity contribution in [1.29, 1.82) is 0 Å². The average molecular weight is 281 g/mol. The van der Waals surface area contributed by atoms with Crippen LogP contribution < -0.4 is 11.1 Å². The zero-order valence-corrected chi connectivity index (χ0v) is 11.8. The molecule has 3 nitrogen and oxygen atoms in total. The number of rotatable bonds is 5. The van der Waals surface area contributed by atoms with E-state index < -0.39 is 0 Å². The molecule has 1 fully saturated rings. The van der Waals surface area contributed by atoms with Gasteiger partial charge in [0.25, 0.3) is 0 Å². The van der Waals surface area contributed by atoms with Gasteiger partial charge in [-0.2, -0.15) is 0 Å². The number of nitrogens with one attached hydrogen (secondary N) is 1. The number of carbonyl (C=O) groups is 1. The van der Waals surface area contributed by atoms with Crippen molar-refractivity contribution in [2.24, 2.45) is 11.7 Å². The molecule has 0 bridgehead atoms. The number of nitrogens with two attached hydrogens (primary N) is 1. The molecular formula is C15H21ClN2O. The van der Waals surface area contributed by atoms with E-state index in [0.29, 0.717) is 10.9 Å². The topological polar surface area (TPSA) is 55.1 Å². The van der Waals surface area contributed by atoms with Crippen LogP contribution in [0.3, 0.4) is 0 Å². The van der Waals surface area contributed by atoms with Crippen LogP contribution in [0.1, 0.15) is 38.5 Å². The number of hydrogen-bond donors (Lipinski definition) is 2. The molecule has 0 radical (unpaired) electrons. The van der Waals surface area contributed by atoms with E-state index in [1.165, 1.54) is 32.1 Å². The maximum absolute atomic E-state index is 11.6. The lowest BCUT2D eigenvalue weighted by Gasteiger charge is -2.26. The first-order valence-electron chi connectivity index (χ1n) is 6.96. The Morgan fingerprint density at radius 2 is 1.89 bits per heavy atom. The van der Waals surface area contributed by atoms with Gasteiger partial charge in [0.05, 0.1) is 0 Å². The van der Waals surface area contributed by atoms with Gasteiger partial charge in [-0.3, -0.25) is 4.79 Å². The van der Waals surface area contributed by atoms with Crippen molar-refractivity contribution >= 4 is 23.2 Å². The number of carbonyl (C=O) groups excluding carboxylic acids is 1. The highest BCUT2D eigenvalue weighted by molar-refractivity contribution is 6.30. The van der Waals surface area contributed by atoms with Crippen LogP contribution in [0, 0.1) is 5.92 Å². The summed E-state index contributed by atoms with van der Waals surface area (Å²) < 4.78 is 0. The van der Waals surface area contributed by atoms with E-state index in [9.17, 15) is 4.79 Å². The van der Waals surface area contributed by atoms with Gasteiger partial charge in [-0.05, 0) is 36.6 Å². The highest BCUT2D eigenvalue weighted by Gasteiger charge is 2.22. The summed E-state index contributed by atoms with van der Waals surface area (Å²) >= 11 is 5.85. The Hall–Kier alpha value is -1.22. The zero-order chi connectivity index (χ0) is 13.7. The molecule has 4 heteroatoms. The summed E-state index contributed by atoms with van der Waals surface area (Å²) in [5.74, 6) is 0.339. The monoisotopic (exact) mass is 280 g/mol. The summed E-state index contributed by atoms with van der Waals surface area (Å²) in [7, 11) is 0. The molecule has 1 aliphatic rings. The normalized spacial score (nSPS) is 17.9. The van der Waals surface area contributed by atoms with E-state index >= 15 is 0 Å². The Kier molecular flexibility index (Phi) is 5.08. The zero-order valence-electron chi connectivity index (χ0n) is 11.1. The van der Waals surface area contributed by atoms with Crippen LogP contribution in [-0.2, 0) is 4.79 Å². The first kappa shape index (κ1) is 14.2. The van der Waals surface area contributed by atoms with Gasteiger partial charge in [0.1, 0.15) is 6.04 Å². The van der Waals surface area contributed by atoms with Crippen molar-refractivity contribution in [3.8, 4) is 0 Å². The quantitative estimate of drug-likeness (QED) is 0.866. The van der Waals surface area contributed by atoms with Gasteiger partial charge < -0.3 is 11.1 Å². The summed E-state index contributed by atoms with van der Waals surface area (Å²) in [5.41, 5.74) is 6.40. The number of halogens is 1. The van der Waals surface area contributed by atoms with Crippen molar-refractivity contribution in [3.63, 3.8) is 0 Å². The summed E-state index contributed by atoms with van der Waals surface area (Å²) in [6, 6.07) is 7.08. The maximum atomic E-state index is 11.6. The van der Waals surface area contributed by atoms with E-state index in [4.69, 9.17) is 17.3 Å². The highest BCUT2D eigenvalue weighted by Crippen LogP contribution is 2.28. The Morgan fingerprint density at radius 1 is 1.26 bits per heavy atom. The van der Waals surface area contributed by atoms with Gasteiger partial charge in [0, 0.05) is 10.7 Å². The van der Waals surface area contributed by atoms with Crippen molar-refractivity contribution in [3.05, 3.63) is 29.3 Å². The molecule has 0 aliphatic heterocycles. The molecule has 1 aliphatic carbocycles. The molecule has 19 heavy (non-hydrogen) atoms. The molecule has 1 unspecified atom stereocenters. The molecule has 1 aromatic carbocycles. The van der Waals surface area contributed by atoms with Crippen LogP contribution in [0.2, 0.25) is 5.02 Å². The second-order valence-electron chi connectivity index (χ2n) is 5.35. The molecule has 0 saturated heterocycles. The molecule has 1 amide bonds. The lowest BCUT2D eigenvalue weighted by molar-refractivity contribution is -0.119. The van der Waals surface area contributed by atoms with Crippen molar-refractivity contribution in [2.45, 2.75) is 44.6 Å². The number of primary amides is 1. The number of amides is 1. The number of hydrogen-bond acceptors (Lipinski definition) is 2. The maximum Gasteiger partial charge on any atom is 0.239 e. The minimum absolute atomic E-state index is 0.277. The second-order valence-corrected chi connectivity index (χ2v) is 5.78. The second kappa shape index (κ2) is 6.80. The van der Waals surface area contributed by atoms with E-state index in [2.05, 4.69) is 5.32 Å². The summed E-state index contributed by atoms with van der Waals surface area (Å²) in [5, 5.41) is 3.91. The predicted molar refractivity (Wildman–Crippen MR) is 79.2 cm³/mol. The SMILES string of the molecule is NC(=O)C(CC1CCCCC1)Nc1ccc(Cl)cc1. The van der Waals surface area contributed by atoms with Crippen molar-refractivity contribution in [2.75, 3.05) is 5.32 Å². The Morgan fingerprint density at radius 3 is 2.47 bits per heavy atom. The summed E-state index contributed by atoms with van der Waals surface area (Å²) in [4.78, 5) is 11.6. The molecule has 0 aromatic heterocycles. The fourth-order valence-corrected chi connectivity index (χ4v) is 2.88. The molecule has 3 N–H and O–H groups in total. The third kappa shape index (κ3) is 4.43. The van der Waals surface area contributed by atoms with Gasteiger partial charge in [0.2, 0.25) is 5.91 Å². The third-order valence-electron chi connectivity index (χ3n) is 3.82. The molecule has 1 atom stereocenters. The van der Waals surface area contributed by atoms with Crippen molar-refractivity contribution in [1.82, 2.24) is 0 Å². The molecule has 1 aromatic rings. The summed E-state index contributed by atoms with van der Waals surface area (Å²) in [6.45, 7) is 0. The van der Waals surface area contributed by atoms with Gasteiger partial charge in [-0.1, -0.05) is 43.7 Å². The van der Waals surface area contributed by atoms with E-state index in [1.54, 1.807) is 0 Å². The van der Waals surface area contributed by atoms with Gasteiger partial charge in [-0.25, -0.2) is 0 Å². The largest absolute Gasteiger partial charge is 0.374 e. The molecule has 104 valence electrons. The van der Waals surface area contributed by atoms with Gasteiger partial charge >= 0.3 is 0 Å². The highest BCUT2D eigenvalue weighted by atomic mass is 35.5. The third-order valence-corrected chi connectivity index (χ3v) is 4.07. The Labute approximate surface area is 119 Å². The molecule has 2 rings (SSSR count). The fraction of sp³-hybridized carbons (Fsp3) is 0.533. The van der Waals surface area contributed by atoms with Gasteiger partial charge in [-0.15, -0.1) is 0 Å². The lowest BCUT2D eigenvalue weighted by atomic mass is 9.84. The molecule has 0 spiro atoms. The molecular weight excluding hydrogens is 260 g/mol. The van der Waals surface area contributed by atoms with E-state index in [-0.39, 0.29) is 11.9 Å². The number of benzene rings is 1. The molecule has 0 heterocycles. The first-order chi connectivity index (χ1) is 9.15. The number of anilines is 1.